The Morgan fingerprint density at radius 2 is 2.14 bits per heavy atom. The van der Waals surface area contributed by atoms with Crippen LogP contribution in [0.15, 0.2) is 17.0 Å². The Labute approximate surface area is 124 Å². The van der Waals surface area contributed by atoms with Crippen molar-refractivity contribution >= 4 is 27.8 Å². The zero-order chi connectivity index (χ0) is 15.6. The molecule has 9 heteroatoms. The molecule has 0 aliphatic carbocycles. The summed E-state index contributed by atoms with van der Waals surface area (Å²) in [7, 11) is -4.30. The number of rotatable bonds is 5. The minimum atomic E-state index is -4.30. The number of nitrogens with one attached hydrogen (secondary N) is 1. The first-order valence-corrected chi connectivity index (χ1v) is 8.68. The Hall–Kier alpha value is -1.19. The maximum Gasteiger partial charge on any atom is 0.335 e. The van der Waals surface area contributed by atoms with Crippen molar-refractivity contribution in [3.63, 3.8) is 0 Å². The third-order valence-electron chi connectivity index (χ3n) is 3.06. The van der Waals surface area contributed by atoms with Gasteiger partial charge in [-0.1, -0.05) is 0 Å². The fraction of sp³-hybridized carbons (Fsp3) is 0.417. The van der Waals surface area contributed by atoms with E-state index >= 15 is 0 Å². The number of thioether (sulfide) groups is 1. The van der Waals surface area contributed by atoms with E-state index in [-0.39, 0.29) is 11.8 Å². The highest BCUT2D eigenvalue weighted by Gasteiger charge is 2.26. The molecule has 1 atom stereocenters. The summed E-state index contributed by atoms with van der Waals surface area (Å²) in [6.45, 7) is 0.103. The molecule has 1 saturated heterocycles. The molecule has 116 valence electrons. The summed E-state index contributed by atoms with van der Waals surface area (Å²) in [6.07, 6.45) is 1.83. The van der Waals surface area contributed by atoms with Crippen molar-refractivity contribution < 1.29 is 27.1 Å². The van der Waals surface area contributed by atoms with Gasteiger partial charge in [-0.05, 0) is 30.7 Å². The predicted molar refractivity (Wildman–Crippen MR) is 74.0 cm³/mol. The summed E-state index contributed by atoms with van der Waals surface area (Å²) in [6, 6.07) is 1.06. The molecule has 1 aromatic carbocycles. The van der Waals surface area contributed by atoms with Crippen LogP contribution in [0.4, 0.5) is 8.78 Å². The van der Waals surface area contributed by atoms with E-state index in [9.17, 15) is 22.0 Å². The van der Waals surface area contributed by atoms with E-state index in [1.54, 1.807) is 11.8 Å². The molecule has 0 bridgehead atoms. The summed E-state index contributed by atoms with van der Waals surface area (Å²) in [5, 5.41) is 8.88. The van der Waals surface area contributed by atoms with Crippen molar-refractivity contribution in [2.45, 2.75) is 23.0 Å². The van der Waals surface area contributed by atoms with Gasteiger partial charge in [-0.15, -0.1) is 0 Å². The molecule has 1 aromatic rings. The summed E-state index contributed by atoms with van der Waals surface area (Å²) < 4.78 is 53.2. The number of benzene rings is 1. The van der Waals surface area contributed by atoms with Gasteiger partial charge in [0.2, 0.25) is 10.0 Å². The maximum absolute atomic E-state index is 13.6. The Kier molecular flexibility index (Phi) is 4.84. The van der Waals surface area contributed by atoms with E-state index in [1.807, 2.05) is 0 Å². The third-order valence-corrected chi connectivity index (χ3v) is 5.88. The number of carbonyl (C=O) groups is 1. The molecule has 5 nitrogen and oxygen atoms in total. The SMILES string of the molecule is O=C(O)c1cc(F)c(F)c(S(=O)(=O)NCC2CCCS2)c1. The molecule has 1 aliphatic rings. The van der Waals surface area contributed by atoms with Gasteiger partial charge in [-0.2, -0.15) is 11.8 Å². The molecular formula is C12H13F2NO4S2. The van der Waals surface area contributed by atoms with E-state index in [0.717, 1.165) is 18.6 Å². The first kappa shape index (κ1) is 16.2. The highest BCUT2D eigenvalue weighted by molar-refractivity contribution is 8.00. The lowest BCUT2D eigenvalue weighted by Crippen LogP contribution is -2.30. The topological polar surface area (TPSA) is 83.5 Å². The van der Waals surface area contributed by atoms with Crippen LogP contribution in [0.5, 0.6) is 0 Å². The fourth-order valence-electron chi connectivity index (χ4n) is 1.97. The molecule has 0 saturated carbocycles. The van der Waals surface area contributed by atoms with Gasteiger partial charge in [0, 0.05) is 11.8 Å². The quantitative estimate of drug-likeness (QED) is 0.856. The van der Waals surface area contributed by atoms with Crippen molar-refractivity contribution in [1.29, 1.82) is 0 Å². The van der Waals surface area contributed by atoms with Crippen LogP contribution in [0, 0.1) is 11.6 Å². The lowest BCUT2D eigenvalue weighted by atomic mass is 10.2. The van der Waals surface area contributed by atoms with Crippen molar-refractivity contribution in [1.82, 2.24) is 4.72 Å². The Balaban J connectivity index is 2.27. The molecule has 2 rings (SSSR count). The molecular weight excluding hydrogens is 324 g/mol. The van der Waals surface area contributed by atoms with E-state index in [0.29, 0.717) is 12.1 Å². The second-order valence-corrected chi connectivity index (χ2v) is 7.71. The molecule has 1 unspecified atom stereocenters. The molecule has 21 heavy (non-hydrogen) atoms. The van der Waals surface area contributed by atoms with Gasteiger partial charge in [0.05, 0.1) is 5.56 Å². The van der Waals surface area contributed by atoms with Gasteiger partial charge in [-0.3, -0.25) is 0 Å². The number of carboxylic acid groups (broad SMARTS) is 1. The van der Waals surface area contributed by atoms with Crippen LogP contribution in [0.3, 0.4) is 0 Å². The average Bonchev–Trinajstić information content (AvgIpc) is 2.92. The van der Waals surface area contributed by atoms with Gasteiger partial charge >= 0.3 is 5.97 Å². The van der Waals surface area contributed by atoms with E-state index in [4.69, 9.17) is 5.11 Å². The highest BCUT2D eigenvalue weighted by atomic mass is 32.2. The first-order valence-electron chi connectivity index (χ1n) is 6.15. The van der Waals surface area contributed by atoms with Crippen LogP contribution < -0.4 is 4.72 Å². The summed E-state index contributed by atoms with van der Waals surface area (Å²) >= 11 is 1.60. The molecule has 1 fully saturated rings. The van der Waals surface area contributed by atoms with E-state index in [2.05, 4.69) is 4.72 Å². The summed E-state index contributed by atoms with van der Waals surface area (Å²) in [4.78, 5) is 9.82. The lowest BCUT2D eigenvalue weighted by molar-refractivity contribution is 0.0696. The molecule has 1 heterocycles. The normalized spacial score (nSPS) is 18.9. The highest BCUT2D eigenvalue weighted by Crippen LogP contribution is 2.26. The summed E-state index contributed by atoms with van der Waals surface area (Å²) in [5.74, 6) is -3.68. The van der Waals surface area contributed by atoms with Crippen LogP contribution in [0.1, 0.15) is 23.2 Å². The Morgan fingerprint density at radius 3 is 2.71 bits per heavy atom. The lowest BCUT2D eigenvalue weighted by Gasteiger charge is -2.12. The number of carboxylic acids is 1. The molecule has 0 amide bonds. The van der Waals surface area contributed by atoms with Gasteiger partial charge in [-0.25, -0.2) is 26.7 Å². The smallest absolute Gasteiger partial charge is 0.335 e. The standard InChI is InChI=1S/C12H13F2NO4S2/c13-9-4-7(12(16)17)5-10(11(9)14)21(18,19)15-6-8-2-1-3-20-8/h4-5,8,15H,1-3,6H2,(H,16,17). The van der Waals surface area contributed by atoms with E-state index in [1.165, 1.54) is 0 Å². The third kappa shape index (κ3) is 3.72. The zero-order valence-electron chi connectivity index (χ0n) is 10.8. The van der Waals surface area contributed by atoms with E-state index < -0.39 is 38.1 Å². The van der Waals surface area contributed by atoms with Crippen molar-refractivity contribution in [2.24, 2.45) is 0 Å². The summed E-state index contributed by atoms with van der Waals surface area (Å²) in [5.41, 5.74) is -0.621. The zero-order valence-corrected chi connectivity index (χ0v) is 12.4. The maximum atomic E-state index is 13.6. The van der Waals surface area contributed by atoms with Crippen molar-refractivity contribution in [3.8, 4) is 0 Å². The van der Waals surface area contributed by atoms with Crippen LogP contribution in [0.2, 0.25) is 0 Å². The monoisotopic (exact) mass is 337 g/mol. The molecule has 1 aliphatic heterocycles. The van der Waals surface area contributed by atoms with Crippen LogP contribution in [-0.4, -0.2) is 37.0 Å². The number of hydrogen-bond acceptors (Lipinski definition) is 4. The van der Waals surface area contributed by atoms with Crippen LogP contribution in [0.25, 0.3) is 0 Å². The second kappa shape index (κ2) is 6.29. The largest absolute Gasteiger partial charge is 0.478 e. The average molecular weight is 337 g/mol. The number of halogens is 2. The predicted octanol–water partition coefficient (Wildman–Crippen LogP) is 1.84. The minimum Gasteiger partial charge on any atom is -0.478 e. The molecule has 0 spiro atoms. The number of sulfonamides is 1. The van der Waals surface area contributed by atoms with Crippen LogP contribution in [-0.2, 0) is 10.0 Å². The molecule has 0 aromatic heterocycles. The number of aromatic carboxylic acids is 1. The Morgan fingerprint density at radius 1 is 1.43 bits per heavy atom. The number of hydrogen-bond donors (Lipinski definition) is 2. The van der Waals surface area contributed by atoms with Gasteiger partial charge in [0.1, 0.15) is 4.90 Å². The van der Waals surface area contributed by atoms with Crippen LogP contribution >= 0.6 is 11.8 Å². The van der Waals surface area contributed by atoms with Gasteiger partial charge < -0.3 is 5.11 Å². The van der Waals surface area contributed by atoms with Crippen molar-refractivity contribution in [3.05, 3.63) is 29.3 Å². The van der Waals surface area contributed by atoms with Gasteiger partial charge in [0.15, 0.2) is 11.6 Å². The Bertz CT molecular complexity index is 657. The fourth-order valence-corrected chi connectivity index (χ4v) is 4.47. The molecule has 2 N–H and O–H groups in total. The molecule has 0 radical (unpaired) electrons. The minimum absolute atomic E-state index is 0.0929. The second-order valence-electron chi connectivity index (χ2n) is 4.56. The van der Waals surface area contributed by atoms with Crippen molar-refractivity contribution in [2.75, 3.05) is 12.3 Å². The first-order chi connectivity index (χ1) is 9.81. The van der Waals surface area contributed by atoms with Gasteiger partial charge in [0.25, 0.3) is 0 Å².